The number of likely N-dealkylation sites (N-methyl/N-ethyl adjacent to an activating group) is 2. The second kappa shape index (κ2) is 10.1. The number of benzene rings is 3. The normalized spacial score (nSPS) is 12.2. The average molecular weight is 461 g/mol. The molecule has 176 valence electrons. The number of halogens is 1. The molecule has 0 bridgehead atoms. The summed E-state index contributed by atoms with van der Waals surface area (Å²) in [6, 6.07) is 17.5. The highest BCUT2D eigenvalue weighted by molar-refractivity contribution is 5.96. The molecule has 1 heterocycles. The molecular weight excluding hydrogens is 431 g/mol. The van der Waals surface area contributed by atoms with Crippen LogP contribution in [0.25, 0.3) is 22.0 Å². The number of amides is 1. The van der Waals surface area contributed by atoms with Crippen LogP contribution in [0.15, 0.2) is 66.9 Å². The summed E-state index contributed by atoms with van der Waals surface area (Å²) in [7, 11) is 5.78. The third-order valence-corrected chi connectivity index (χ3v) is 5.86. The van der Waals surface area contributed by atoms with Gasteiger partial charge in [-0.2, -0.15) is 5.10 Å². The van der Waals surface area contributed by atoms with E-state index in [9.17, 15) is 9.18 Å². The predicted molar refractivity (Wildman–Crippen MR) is 132 cm³/mol. The van der Waals surface area contributed by atoms with Crippen molar-refractivity contribution < 1.29 is 13.9 Å². The van der Waals surface area contributed by atoms with Crippen molar-refractivity contribution in [1.29, 1.82) is 0 Å². The predicted octanol–water partition coefficient (Wildman–Crippen LogP) is 5.14. The first kappa shape index (κ1) is 23.4. The van der Waals surface area contributed by atoms with Gasteiger partial charge in [-0.05, 0) is 56.9 Å². The molecule has 1 atom stereocenters. The number of hydrogen-bond donors (Lipinski definition) is 1. The van der Waals surface area contributed by atoms with Gasteiger partial charge in [0.05, 0.1) is 24.4 Å². The van der Waals surface area contributed by atoms with E-state index >= 15 is 0 Å². The lowest BCUT2D eigenvalue weighted by Crippen LogP contribution is -2.37. The number of para-hydroxylation sites is 1. The molecule has 4 aromatic rings. The monoisotopic (exact) mass is 460 g/mol. The number of hydrogen-bond acceptors (Lipinski definition) is 4. The summed E-state index contributed by atoms with van der Waals surface area (Å²) >= 11 is 0. The standard InChI is InChI=1S/C27H29FN4O2/c1-5-34-25-15-19(12-13-22(25)18-8-6-10-21(28)14-18)27(33)32(4)24(17-31(2)3)23-11-7-9-20-16-29-30-26(20)23/h6-16,24H,5,17H2,1-4H3,(H,29,30)/t24-/m0/s1. The van der Waals surface area contributed by atoms with Crippen LogP contribution >= 0.6 is 0 Å². The van der Waals surface area contributed by atoms with Crippen molar-refractivity contribution in [2.45, 2.75) is 13.0 Å². The average Bonchev–Trinajstić information content (AvgIpc) is 3.31. The summed E-state index contributed by atoms with van der Waals surface area (Å²) in [5.74, 6) is 0.0987. The van der Waals surface area contributed by atoms with Crippen molar-refractivity contribution in [3.63, 3.8) is 0 Å². The largest absolute Gasteiger partial charge is 0.493 e. The maximum Gasteiger partial charge on any atom is 0.254 e. The van der Waals surface area contributed by atoms with Crippen molar-refractivity contribution >= 4 is 16.8 Å². The van der Waals surface area contributed by atoms with Crippen LogP contribution in [0.4, 0.5) is 4.39 Å². The van der Waals surface area contributed by atoms with Gasteiger partial charge in [0, 0.05) is 35.7 Å². The highest BCUT2D eigenvalue weighted by Gasteiger charge is 2.26. The molecule has 6 nitrogen and oxygen atoms in total. The van der Waals surface area contributed by atoms with Gasteiger partial charge in [0.15, 0.2) is 0 Å². The zero-order chi connectivity index (χ0) is 24.2. The van der Waals surface area contributed by atoms with E-state index in [1.54, 1.807) is 29.3 Å². The maximum absolute atomic E-state index is 13.8. The number of nitrogens with one attached hydrogen (secondary N) is 1. The molecule has 0 aliphatic heterocycles. The van der Waals surface area contributed by atoms with E-state index in [1.165, 1.54) is 12.1 Å². The molecule has 0 fully saturated rings. The maximum atomic E-state index is 13.8. The van der Waals surface area contributed by atoms with Crippen LogP contribution in [-0.4, -0.2) is 60.2 Å². The summed E-state index contributed by atoms with van der Waals surface area (Å²) in [6.07, 6.45) is 1.78. The summed E-state index contributed by atoms with van der Waals surface area (Å²) in [4.78, 5) is 17.5. The molecule has 0 unspecified atom stereocenters. The lowest BCUT2D eigenvalue weighted by Gasteiger charge is -2.31. The van der Waals surface area contributed by atoms with Gasteiger partial charge in [-0.3, -0.25) is 9.89 Å². The fourth-order valence-electron chi connectivity index (χ4n) is 4.21. The van der Waals surface area contributed by atoms with Crippen LogP contribution in [0.3, 0.4) is 0 Å². The summed E-state index contributed by atoms with van der Waals surface area (Å²) in [5, 5.41) is 8.25. The summed E-state index contributed by atoms with van der Waals surface area (Å²) in [5.41, 5.74) is 3.87. The molecule has 1 aromatic heterocycles. The minimum atomic E-state index is -0.320. The fourth-order valence-corrected chi connectivity index (χ4v) is 4.21. The van der Waals surface area contributed by atoms with E-state index < -0.39 is 0 Å². The number of rotatable bonds is 8. The molecule has 0 saturated carbocycles. The van der Waals surface area contributed by atoms with Crippen molar-refractivity contribution in [3.05, 3.63) is 83.8 Å². The number of ether oxygens (including phenoxy) is 1. The second-order valence-electron chi connectivity index (χ2n) is 8.53. The van der Waals surface area contributed by atoms with Crippen LogP contribution in [0, 0.1) is 5.82 Å². The van der Waals surface area contributed by atoms with Gasteiger partial charge in [0.25, 0.3) is 5.91 Å². The quantitative estimate of drug-likeness (QED) is 0.395. The number of aromatic nitrogens is 2. The Morgan fingerprint density at radius 1 is 1.09 bits per heavy atom. The van der Waals surface area contributed by atoms with Gasteiger partial charge < -0.3 is 14.5 Å². The Morgan fingerprint density at radius 3 is 2.62 bits per heavy atom. The number of H-pyrrole nitrogens is 1. The van der Waals surface area contributed by atoms with E-state index in [2.05, 4.69) is 15.1 Å². The number of carbonyl (C=O) groups is 1. The van der Waals surface area contributed by atoms with Gasteiger partial charge in [0.2, 0.25) is 0 Å². The third-order valence-electron chi connectivity index (χ3n) is 5.86. The van der Waals surface area contributed by atoms with E-state index in [0.717, 1.165) is 22.0 Å². The van der Waals surface area contributed by atoms with Gasteiger partial charge >= 0.3 is 0 Å². The lowest BCUT2D eigenvalue weighted by atomic mass is 9.99. The topological polar surface area (TPSA) is 61.5 Å². The van der Waals surface area contributed by atoms with Crippen LogP contribution in [0.1, 0.15) is 28.9 Å². The molecule has 0 saturated heterocycles. The van der Waals surface area contributed by atoms with Crippen molar-refractivity contribution in [2.75, 3.05) is 34.3 Å². The van der Waals surface area contributed by atoms with Gasteiger partial charge in [-0.1, -0.05) is 30.3 Å². The van der Waals surface area contributed by atoms with E-state index in [1.807, 2.05) is 58.4 Å². The number of nitrogens with zero attached hydrogens (tertiary/aromatic N) is 3. The molecular formula is C27H29FN4O2. The van der Waals surface area contributed by atoms with E-state index in [-0.39, 0.29) is 17.8 Å². The van der Waals surface area contributed by atoms with E-state index in [4.69, 9.17) is 4.74 Å². The smallest absolute Gasteiger partial charge is 0.254 e. The molecule has 0 aliphatic rings. The lowest BCUT2D eigenvalue weighted by molar-refractivity contribution is 0.0706. The Morgan fingerprint density at radius 2 is 1.88 bits per heavy atom. The Bertz CT molecular complexity index is 1300. The Hall–Kier alpha value is -3.71. The van der Waals surface area contributed by atoms with Gasteiger partial charge in [-0.25, -0.2) is 4.39 Å². The highest BCUT2D eigenvalue weighted by atomic mass is 19.1. The molecule has 0 radical (unpaired) electrons. The molecule has 1 N–H and O–H groups in total. The van der Waals surface area contributed by atoms with Crippen LogP contribution in [-0.2, 0) is 0 Å². The van der Waals surface area contributed by atoms with Crippen LogP contribution in [0.5, 0.6) is 5.75 Å². The molecule has 1 amide bonds. The first-order valence-electron chi connectivity index (χ1n) is 11.3. The van der Waals surface area contributed by atoms with Crippen molar-refractivity contribution in [3.8, 4) is 16.9 Å². The van der Waals surface area contributed by atoms with Crippen molar-refractivity contribution in [2.24, 2.45) is 0 Å². The third kappa shape index (κ3) is 4.79. The molecule has 4 rings (SSSR count). The Labute approximate surface area is 199 Å². The number of aromatic amines is 1. The summed E-state index contributed by atoms with van der Waals surface area (Å²) < 4.78 is 19.7. The van der Waals surface area contributed by atoms with Crippen LogP contribution in [0.2, 0.25) is 0 Å². The highest BCUT2D eigenvalue weighted by Crippen LogP contribution is 2.33. The molecule has 0 aliphatic carbocycles. The van der Waals surface area contributed by atoms with Gasteiger partial charge in [-0.15, -0.1) is 0 Å². The zero-order valence-electron chi connectivity index (χ0n) is 19.9. The minimum Gasteiger partial charge on any atom is -0.493 e. The molecule has 34 heavy (non-hydrogen) atoms. The molecule has 0 spiro atoms. The van der Waals surface area contributed by atoms with Crippen molar-refractivity contribution in [1.82, 2.24) is 20.0 Å². The summed E-state index contributed by atoms with van der Waals surface area (Å²) in [6.45, 7) is 2.95. The fraction of sp³-hybridized carbons (Fsp3) is 0.259. The number of carbonyl (C=O) groups excluding carboxylic acids is 1. The second-order valence-corrected chi connectivity index (χ2v) is 8.53. The Kier molecular flexibility index (Phi) is 6.93. The van der Waals surface area contributed by atoms with E-state index in [0.29, 0.717) is 30.0 Å². The first-order valence-corrected chi connectivity index (χ1v) is 11.3. The van der Waals surface area contributed by atoms with Crippen LogP contribution < -0.4 is 4.74 Å². The van der Waals surface area contributed by atoms with Gasteiger partial charge in [0.1, 0.15) is 11.6 Å². The number of fused-ring (bicyclic) bond motifs is 1. The SMILES string of the molecule is CCOc1cc(C(=O)N(C)[C@@H](CN(C)C)c2cccc3cn[nH]c23)ccc1-c1cccc(F)c1. The first-order chi connectivity index (χ1) is 16.4. The minimum absolute atomic E-state index is 0.130. The Balaban J connectivity index is 1.71. The zero-order valence-corrected chi connectivity index (χ0v) is 19.9. The molecule has 7 heteroatoms. The molecule has 3 aromatic carbocycles.